The Hall–Kier alpha value is -1.93. The lowest BCUT2D eigenvalue weighted by Crippen LogP contribution is -2.47. The standard InChI is InChI=1S/C20H24N2O5/c23-17-19(24)27-18-15(7-8-20(17,18)25)26-13-5-3-12-4-6-16(22-14(12)9-13)21-10-11-1-2-11/h3-6,9,11,15,17-19,23-25H,1-2,7-8,10H2,(H,21,22)/t15-,17-,18+,19?,20-/m0/s1. The van der Waals surface area contributed by atoms with E-state index in [0.717, 1.165) is 29.2 Å². The van der Waals surface area contributed by atoms with Crippen LogP contribution in [0.15, 0.2) is 30.3 Å². The van der Waals surface area contributed by atoms with Gasteiger partial charge in [0.25, 0.3) is 0 Å². The highest BCUT2D eigenvalue weighted by Crippen LogP contribution is 2.44. The number of aliphatic hydroxyl groups excluding tert-OH is 2. The monoisotopic (exact) mass is 372 g/mol. The summed E-state index contributed by atoms with van der Waals surface area (Å²) in [5, 5.41) is 34.7. The van der Waals surface area contributed by atoms with Crippen molar-refractivity contribution < 1.29 is 24.8 Å². The minimum Gasteiger partial charge on any atom is -0.488 e. The maximum absolute atomic E-state index is 10.6. The molecule has 1 aromatic carbocycles. The van der Waals surface area contributed by atoms with Crippen molar-refractivity contribution in [2.24, 2.45) is 5.92 Å². The number of hydrogen-bond donors (Lipinski definition) is 4. The molecule has 1 aliphatic heterocycles. The van der Waals surface area contributed by atoms with Crippen LogP contribution >= 0.6 is 0 Å². The summed E-state index contributed by atoms with van der Waals surface area (Å²) in [6.45, 7) is 0.957. The van der Waals surface area contributed by atoms with Gasteiger partial charge in [-0.3, -0.25) is 0 Å². The molecule has 3 fully saturated rings. The molecule has 2 aliphatic carbocycles. The van der Waals surface area contributed by atoms with Crippen molar-refractivity contribution in [3.63, 3.8) is 0 Å². The number of nitrogens with zero attached hydrogens (tertiary/aromatic N) is 1. The van der Waals surface area contributed by atoms with Crippen LogP contribution in [0.1, 0.15) is 25.7 Å². The molecule has 1 unspecified atom stereocenters. The van der Waals surface area contributed by atoms with Crippen LogP contribution < -0.4 is 10.1 Å². The van der Waals surface area contributed by atoms with Gasteiger partial charge in [0.05, 0.1) is 5.52 Å². The predicted octanol–water partition coefficient (Wildman–Crippen LogP) is 1.41. The zero-order chi connectivity index (χ0) is 18.6. The summed E-state index contributed by atoms with van der Waals surface area (Å²) in [4.78, 5) is 4.66. The largest absolute Gasteiger partial charge is 0.488 e. The van der Waals surface area contributed by atoms with Gasteiger partial charge in [-0.2, -0.15) is 0 Å². The minimum absolute atomic E-state index is 0.321. The Labute approximate surface area is 156 Å². The second-order valence-corrected chi connectivity index (χ2v) is 7.95. The minimum atomic E-state index is -1.46. The summed E-state index contributed by atoms with van der Waals surface area (Å²) in [5.41, 5.74) is -0.631. The average molecular weight is 372 g/mol. The summed E-state index contributed by atoms with van der Waals surface area (Å²) < 4.78 is 11.4. The molecule has 2 aromatic rings. The molecule has 1 aromatic heterocycles. The highest BCUT2D eigenvalue weighted by Gasteiger charge is 2.62. The van der Waals surface area contributed by atoms with E-state index in [1.54, 1.807) is 0 Å². The third-order valence-electron chi connectivity index (χ3n) is 5.95. The molecule has 5 atom stereocenters. The molecule has 27 heavy (non-hydrogen) atoms. The zero-order valence-corrected chi connectivity index (χ0v) is 14.9. The highest BCUT2D eigenvalue weighted by atomic mass is 16.7. The molecule has 7 heteroatoms. The van der Waals surface area contributed by atoms with Gasteiger partial charge in [-0.15, -0.1) is 0 Å². The smallest absolute Gasteiger partial charge is 0.184 e. The van der Waals surface area contributed by atoms with E-state index in [4.69, 9.17) is 9.47 Å². The van der Waals surface area contributed by atoms with Gasteiger partial charge < -0.3 is 30.1 Å². The van der Waals surface area contributed by atoms with Crippen LogP contribution in [-0.4, -0.2) is 57.1 Å². The van der Waals surface area contributed by atoms with Gasteiger partial charge in [0.2, 0.25) is 0 Å². The second kappa shape index (κ2) is 6.31. The molecule has 1 saturated heterocycles. The number of ether oxygens (including phenoxy) is 2. The summed E-state index contributed by atoms with van der Waals surface area (Å²) >= 11 is 0. The number of fused-ring (bicyclic) bond motifs is 2. The topological polar surface area (TPSA) is 104 Å². The van der Waals surface area contributed by atoms with E-state index in [2.05, 4.69) is 10.3 Å². The predicted molar refractivity (Wildman–Crippen MR) is 98.4 cm³/mol. The van der Waals surface area contributed by atoms with Crippen molar-refractivity contribution in [2.45, 2.75) is 55.9 Å². The molecule has 7 nitrogen and oxygen atoms in total. The van der Waals surface area contributed by atoms with Crippen molar-refractivity contribution in [2.75, 3.05) is 11.9 Å². The summed E-state index contributed by atoms with van der Waals surface area (Å²) in [5.74, 6) is 2.26. The number of hydrogen-bond acceptors (Lipinski definition) is 7. The van der Waals surface area contributed by atoms with E-state index in [0.29, 0.717) is 18.6 Å². The lowest BCUT2D eigenvalue weighted by Gasteiger charge is -2.25. The van der Waals surface area contributed by atoms with Gasteiger partial charge >= 0.3 is 0 Å². The molecule has 0 spiro atoms. The van der Waals surface area contributed by atoms with Crippen LogP contribution in [0, 0.1) is 5.92 Å². The number of aromatic nitrogens is 1. The van der Waals surface area contributed by atoms with Crippen LogP contribution in [-0.2, 0) is 4.74 Å². The van der Waals surface area contributed by atoms with E-state index < -0.39 is 30.2 Å². The Morgan fingerprint density at radius 2 is 2.00 bits per heavy atom. The summed E-state index contributed by atoms with van der Waals surface area (Å²) in [6, 6.07) is 9.69. The molecule has 2 heterocycles. The average Bonchev–Trinajstić information content (AvgIpc) is 3.41. The van der Waals surface area contributed by atoms with Crippen LogP contribution in [0.4, 0.5) is 5.82 Å². The first-order valence-electron chi connectivity index (χ1n) is 9.58. The molecule has 0 bridgehead atoms. The molecular weight excluding hydrogens is 348 g/mol. The molecule has 4 N–H and O–H groups in total. The number of nitrogens with one attached hydrogen (secondary N) is 1. The van der Waals surface area contributed by atoms with Crippen molar-refractivity contribution in [1.82, 2.24) is 4.98 Å². The van der Waals surface area contributed by atoms with Gasteiger partial charge in [-0.25, -0.2) is 4.98 Å². The molecule has 144 valence electrons. The van der Waals surface area contributed by atoms with Crippen LogP contribution in [0.2, 0.25) is 0 Å². The Morgan fingerprint density at radius 3 is 2.81 bits per heavy atom. The van der Waals surface area contributed by atoms with Crippen molar-refractivity contribution in [1.29, 1.82) is 0 Å². The first-order chi connectivity index (χ1) is 13.0. The van der Waals surface area contributed by atoms with Gasteiger partial charge in [0.15, 0.2) is 6.29 Å². The van der Waals surface area contributed by atoms with Crippen LogP contribution in [0.5, 0.6) is 5.75 Å². The molecule has 0 amide bonds. The molecular formula is C20H24N2O5. The zero-order valence-electron chi connectivity index (χ0n) is 14.9. The Morgan fingerprint density at radius 1 is 1.19 bits per heavy atom. The fraction of sp³-hybridized carbons (Fsp3) is 0.550. The van der Waals surface area contributed by atoms with E-state index in [9.17, 15) is 15.3 Å². The van der Waals surface area contributed by atoms with Gasteiger partial charge in [0, 0.05) is 18.0 Å². The Balaban J connectivity index is 1.34. The first kappa shape index (κ1) is 17.2. The van der Waals surface area contributed by atoms with E-state index >= 15 is 0 Å². The molecule has 3 aliphatic rings. The summed E-state index contributed by atoms with van der Waals surface area (Å²) in [7, 11) is 0. The summed E-state index contributed by atoms with van der Waals surface area (Å²) in [6.07, 6.45) is -0.439. The fourth-order valence-electron chi connectivity index (χ4n) is 4.12. The molecule has 0 radical (unpaired) electrons. The number of benzene rings is 1. The quantitative estimate of drug-likeness (QED) is 0.629. The van der Waals surface area contributed by atoms with E-state index in [1.807, 2.05) is 30.3 Å². The lowest BCUT2D eigenvalue weighted by molar-refractivity contribution is -0.142. The molecule has 2 saturated carbocycles. The number of pyridine rings is 1. The third kappa shape index (κ3) is 3.04. The van der Waals surface area contributed by atoms with Gasteiger partial charge in [0.1, 0.15) is 35.5 Å². The van der Waals surface area contributed by atoms with Gasteiger partial charge in [-0.1, -0.05) is 0 Å². The van der Waals surface area contributed by atoms with E-state index in [1.165, 1.54) is 12.8 Å². The Kier molecular flexibility index (Phi) is 4.01. The van der Waals surface area contributed by atoms with Crippen molar-refractivity contribution in [3.8, 4) is 5.75 Å². The second-order valence-electron chi connectivity index (χ2n) is 7.95. The third-order valence-corrected chi connectivity index (χ3v) is 5.95. The number of aliphatic hydroxyl groups is 3. The SMILES string of the molecule is OC1O[C@@H]2[C@@H](Oc3ccc4ccc(NCC5CC5)nc4c3)CC[C@]2(O)[C@H]1O. The Bertz CT molecular complexity index is 857. The van der Waals surface area contributed by atoms with Crippen LogP contribution in [0.25, 0.3) is 10.9 Å². The van der Waals surface area contributed by atoms with Gasteiger partial charge in [-0.05, 0) is 55.9 Å². The maximum Gasteiger partial charge on any atom is 0.184 e. The number of rotatable bonds is 5. The van der Waals surface area contributed by atoms with Crippen LogP contribution in [0.3, 0.4) is 0 Å². The molecule has 5 rings (SSSR count). The van der Waals surface area contributed by atoms with Crippen molar-refractivity contribution >= 4 is 16.7 Å². The van der Waals surface area contributed by atoms with Crippen molar-refractivity contribution in [3.05, 3.63) is 30.3 Å². The first-order valence-corrected chi connectivity index (χ1v) is 9.58. The lowest BCUT2D eigenvalue weighted by atomic mass is 9.95. The maximum atomic E-state index is 10.6. The number of anilines is 1. The van der Waals surface area contributed by atoms with E-state index in [-0.39, 0.29) is 0 Å². The fourth-order valence-corrected chi connectivity index (χ4v) is 4.12. The highest BCUT2D eigenvalue weighted by molar-refractivity contribution is 5.81. The normalized spacial score (nSPS) is 35.4.